The van der Waals surface area contributed by atoms with Gasteiger partial charge in [-0.1, -0.05) is 30.0 Å². The second-order valence-corrected chi connectivity index (χ2v) is 9.11. The molecule has 0 fully saturated rings. The van der Waals surface area contributed by atoms with E-state index in [-0.39, 0.29) is 28.7 Å². The Morgan fingerprint density at radius 2 is 1.81 bits per heavy atom. The number of non-ortho nitro benzene ring substituents is 1. The van der Waals surface area contributed by atoms with Gasteiger partial charge in [-0.05, 0) is 62.7 Å². The standard InChI is InChI=1S/C27H23N3O6S/c1-4-36-27(33)23-24(31)22(37-26(23)28-25(32)18-8-6-5-7-9-18)15-19-14-16(2)29(17(19)3)20-10-12-21(13-11-20)30(34)35/h5-15,31H,4H2,1-3H3/b22-15-,28-26?. The third-order valence-electron chi connectivity index (χ3n) is 5.67. The number of thioether (sulfide) groups is 1. The first-order chi connectivity index (χ1) is 17.7. The summed E-state index contributed by atoms with van der Waals surface area (Å²) in [5.74, 6) is -1.63. The van der Waals surface area contributed by atoms with Gasteiger partial charge in [0.05, 0.1) is 16.4 Å². The number of hydrogen-bond donors (Lipinski definition) is 1. The van der Waals surface area contributed by atoms with Crippen LogP contribution in [0.25, 0.3) is 11.8 Å². The molecule has 2 aromatic carbocycles. The Bertz CT molecular complexity index is 1480. The van der Waals surface area contributed by atoms with Crippen LogP contribution in [-0.4, -0.2) is 38.1 Å². The summed E-state index contributed by atoms with van der Waals surface area (Å²) in [6.07, 6.45) is 1.71. The number of aliphatic imine (C=N–C) groups is 1. The molecule has 0 bridgehead atoms. The van der Waals surface area contributed by atoms with Gasteiger partial charge in [-0.3, -0.25) is 14.9 Å². The SMILES string of the molecule is CCOC(=O)C1=C(O)/C(=C/c2cc(C)n(-c3ccc([N+](=O)[O-])cc3)c2C)SC1=NC(=O)c1ccccc1. The van der Waals surface area contributed by atoms with Crippen LogP contribution in [-0.2, 0) is 9.53 Å². The van der Waals surface area contributed by atoms with Gasteiger partial charge < -0.3 is 14.4 Å². The molecule has 0 spiro atoms. The number of carbonyl (C=O) groups excluding carboxylic acids is 2. The lowest BCUT2D eigenvalue weighted by molar-refractivity contribution is -0.384. The van der Waals surface area contributed by atoms with Gasteiger partial charge in [0.2, 0.25) is 0 Å². The van der Waals surface area contributed by atoms with Gasteiger partial charge in [0.25, 0.3) is 11.6 Å². The van der Waals surface area contributed by atoms with Crippen molar-refractivity contribution in [3.05, 3.63) is 110 Å². The van der Waals surface area contributed by atoms with Crippen LogP contribution in [0.4, 0.5) is 5.69 Å². The number of aliphatic hydroxyl groups is 1. The van der Waals surface area contributed by atoms with Gasteiger partial charge in [0.15, 0.2) is 0 Å². The number of hydrogen-bond acceptors (Lipinski definition) is 7. The lowest BCUT2D eigenvalue weighted by atomic mass is 10.1. The summed E-state index contributed by atoms with van der Waals surface area (Å²) in [7, 11) is 0. The van der Waals surface area contributed by atoms with E-state index in [0.717, 1.165) is 34.4 Å². The molecule has 1 aliphatic heterocycles. The predicted octanol–water partition coefficient (Wildman–Crippen LogP) is 5.70. The number of rotatable bonds is 6. The topological polar surface area (TPSA) is 124 Å². The molecule has 188 valence electrons. The van der Waals surface area contributed by atoms with Crippen molar-refractivity contribution in [1.82, 2.24) is 4.57 Å². The maximum atomic E-state index is 12.7. The van der Waals surface area contributed by atoms with Crippen LogP contribution in [0.5, 0.6) is 0 Å². The van der Waals surface area contributed by atoms with E-state index >= 15 is 0 Å². The largest absolute Gasteiger partial charge is 0.506 e. The Labute approximate surface area is 216 Å². The minimum absolute atomic E-state index is 0.00525. The van der Waals surface area contributed by atoms with Crippen LogP contribution in [0.15, 0.2) is 81.9 Å². The zero-order valence-electron chi connectivity index (χ0n) is 20.3. The van der Waals surface area contributed by atoms with Gasteiger partial charge in [-0.15, -0.1) is 0 Å². The Hall–Kier alpha value is -4.44. The Morgan fingerprint density at radius 1 is 1.14 bits per heavy atom. The zero-order valence-corrected chi connectivity index (χ0v) is 21.1. The fourth-order valence-electron chi connectivity index (χ4n) is 3.93. The van der Waals surface area contributed by atoms with Crippen LogP contribution < -0.4 is 0 Å². The van der Waals surface area contributed by atoms with Crippen molar-refractivity contribution in [2.45, 2.75) is 20.8 Å². The maximum absolute atomic E-state index is 12.7. The molecule has 0 atom stereocenters. The number of benzene rings is 2. The molecule has 0 saturated heterocycles. The van der Waals surface area contributed by atoms with Crippen LogP contribution in [0.2, 0.25) is 0 Å². The van der Waals surface area contributed by atoms with Crippen molar-refractivity contribution >= 4 is 40.4 Å². The van der Waals surface area contributed by atoms with Gasteiger partial charge in [0.1, 0.15) is 16.4 Å². The molecule has 0 aliphatic carbocycles. The van der Waals surface area contributed by atoms with E-state index in [1.165, 1.54) is 12.1 Å². The summed E-state index contributed by atoms with van der Waals surface area (Å²) >= 11 is 1.00. The summed E-state index contributed by atoms with van der Waals surface area (Å²) < 4.78 is 7.03. The minimum Gasteiger partial charge on any atom is -0.506 e. The van der Waals surface area contributed by atoms with Crippen molar-refractivity contribution in [2.75, 3.05) is 6.61 Å². The lowest BCUT2D eigenvalue weighted by Gasteiger charge is -2.09. The van der Waals surface area contributed by atoms with E-state index in [9.17, 15) is 24.8 Å². The summed E-state index contributed by atoms with van der Waals surface area (Å²) in [5, 5.41) is 22.0. The molecule has 4 rings (SSSR count). The average molecular weight is 518 g/mol. The highest BCUT2D eigenvalue weighted by Crippen LogP contribution is 2.40. The molecule has 1 aromatic heterocycles. The highest BCUT2D eigenvalue weighted by atomic mass is 32.2. The summed E-state index contributed by atoms with van der Waals surface area (Å²) in [4.78, 5) is 40.3. The van der Waals surface area contributed by atoms with E-state index in [2.05, 4.69) is 4.99 Å². The van der Waals surface area contributed by atoms with Crippen molar-refractivity contribution in [1.29, 1.82) is 0 Å². The predicted molar refractivity (Wildman–Crippen MR) is 142 cm³/mol. The molecule has 37 heavy (non-hydrogen) atoms. The van der Waals surface area contributed by atoms with Crippen LogP contribution >= 0.6 is 11.8 Å². The average Bonchev–Trinajstić information content (AvgIpc) is 3.34. The summed E-state index contributed by atoms with van der Waals surface area (Å²) in [6.45, 7) is 5.51. The molecule has 1 N–H and O–H groups in total. The number of esters is 1. The molecule has 1 aliphatic rings. The van der Waals surface area contributed by atoms with Crippen LogP contribution in [0.1, 0.15) is 34.2 Å². The molecular weight excluding hydrogens is 494 g/mol. The molecular formula is C27H23N3O6S. The Kier molecular flexibility index (Phi) is 7.40. The Balaban J connectivity index is 1.73. The third kappa shape index (κ3) is 5.24. The number of aromatic nitrogens is 1. The fraction of sp³-hybridized carbons (Fsp3) is 0.148. The molecule has 9 nitrogen and oxygen atoms in total. The van der Waals surface area contributed by atoms with Gasteiger partial charge in [-0.25, -0.2) is 9.79 Å². The van der Waals surface area contributed by atoms with Crippen molar-refractivity contribution in [3.63, 3.8) is 0 Å². The molecule has 2 heterocycles. The highest BCUT2D eigenvalue weighted by Gasteiger charge is 2.34. The number of nitro groups is 1. The molecule has 0 radical (unpaired) electrons. The maximum Gasteiger partial charge on any atom is 0.344 e. The van der Waals surface area contributed by atoms with Crippen LogP contribution in [0.3, 0.4) is 0 Å². The normalized spacial score (nSPS) is 15.4. The molecule has 10 heteroatoms. The summed E-state index contributed by atoms with van der Waals surface area (Å²) in [5.41, 5.74) is 3.36. The highest BCUT2D eigenvalue weighted by molar-refractivity contribution is 8.18. The van der Waals surface area contributed by atoms with Gasteiger partial charge in [-0.2, -0.15) is 0 Å². The van der Waals surface area contributed by atoms with Gasteiger partial charge in [0, 0.05) is 34.8 Å². The van der Waals surface area contributed by atoms with E-state index in [1.54, 1.807) is 55.5 Å². The van der Waals surface area contributed by atoms with Crippen molar-refractivity contribution < 1.29 is 24.4 Å². The van der Waals surface area contributed by atoms with E-state index in [4.69, 9.17) is 4.74 Å². The number of carbonyl (C=O) groups is 2. The first-order valence-corrected chi connectivity index (χ1v) is 12.2. The third-order valence-corrected chi connectivity index (χ3v) is 6.69. The number of aryl methyl sites for hydroxylation is 1. The second kappa shape index (κ2) is 10.7. The number of nitrogens with zero attached hydrogens (tertiary/aromatic N) is 3. The lowest BCUT2D eigenvalue weighted by Crippen LogP contribution is -2.14. The number of nitro benzene ring substituents is 1. The molecule has 0 unspecified atom stereocenters. The minimum atomic E-state index is -0.771. The Morgan fingerprint density at radius 3 is 2.43 bits per heavy atom. The smallest absolute Gasteiger partial charge is 0.344 e. The van der Waals surface area contributed by atoms with E-state index < -0.39 is 16.8 Å². The first-order valence-electron chi connectivity index (χ1n) is 11.3. The molecule has 3 aromatic rings. The second-order valence-electron chi connectivity index (χ2n) is 8.08. The number of ether oxygens (including phenoxy) is 1. The number of aliphatic hydroxyl groups excluding tert-OH is 1. The first kappa shape index (κ1) is 25.6. The zero-order chi connectivity index (χ0) is 26.7. The quantitative estimate of drug-likeness (QED) is 0.252. The monoisotopic (exact) mass is 517 g/mol. The van der Waals surface area contributed by atoms with Crippen molar-refractivity contribution in [3.8, 4) is 5.69 Å². The summed E-state index contributed by atoms with van der Waals surface area (Å²) in [6, 6.07) is 16.5. The van der Waals surface area contributed by atoms with E-state index in [1.807, 2.05) is 24.5 Å². The molecule has 1 amide bonds. The van der Waals surface area contributed by atoms with Crippen molar-refractivity contribution in [2.24, 2.45) is 4.99 Å². The van der Waals surface area contributed by atoms with Gasteiger partial charge >= 0.3 is 5.97 Å². The van der Waals surface area contributed by atoms with Crippen LogP contribution in [0, 0.1) is 24.0 Å². The van der Waals surface area contributed by atoms with E-state index in [0.29, 0.717) is 10.5 Å². The molecule has 0 saturated carbocycles. The number of amides is 1. The fourth-order valence-corrected chi connectivity index (χ4v) is 4.93.